The number of ether oxygens (including phenoxy) is 1. The lowest BCUT2D eigenvalue weighted by molar-refractivity contribution is -0.145. The minimum atomic E-state index is -0.767. The van der Waals surface area contributed by atoms with Gasteiger partial charge < -0.3 is 14.7 Å². The molecule has 0 aliphatic heterocycles. The first-order chi connectivity index (χ1) is 9.60. The van der Waals surface area contributed by atoms with Crippen LogP contribution >= 0.6 is 0 Å². The third-order valence-corrected chi connectivity index (χ3v) is 3.80. The van der Waals surface area contributed by atoms with Crippen molar-refractivity contribution in [3.63, 3.8) is 0 Å². The van der Waals surface area contributed by atoms with Crippen molar-refractivity contribution in [2.45, 2.75) is 32.1 Å². The van der Waals surface area contributed by atoms with E-state index in [-0.39, 0.29) is 17.7 Å². The van der Waals surface area contributed by atoms with Crippen molar-refractivity contribution >= 4 is 11.9 Å². The molecule has 0 unspecified atom stereocenters. The van der Waals surface area contributed by atoms with Crippen molar-refractivity contribution in [3.05, 3.63) is 0 Å². The summed E-state index contributed by atoms with van der Waals surface area (Å²) in [6.07, 6.45) is 2.65. The molecule has 20 heavy (non-hydrogen) atoms. The number of carbonyl (C=O) groups excluding carboxylic acids is 1. The van der Waals surface area contributed by atoms with Crippen molar-refractivity contribution in [1.29, 1.82) is 5.26 Å². The van der Waals surface area contributed by atoms with Gasteiger partial charge in [-0.25, -0.2) is 0 Å². The fraction of sp³-hybridized carbons (Fsp3) is 0.786. The third-order valence-electron chi connectivity index (χ3n) is 3.80. The fourth-order valence-electron chi connectivity index (χ4n) is 2.56. The van der Waals surface area contributed by atoms with Crippen LogP contribution in [0.2, 0.25) is 0 Å². The van der Waals surface area contributed by atoms with E-state index in [1.807, 2.05) is 6.07 Å². The maximum atomic E-state index is 12.4. The second-order valence-electron chi connectivity index (χ2n) is 5.11. The zero-order valence-corrected chi connectivity index (χ0v) is 11.9. The van der Waals surface area contributed by atoms with Gasteiger partial charge in [0.25, 0.3) is 0 Å². The maximum absolute atomic E-state index is 12.4. The number of aliphatic carboxylic acids is 1. The zero-order valence-electron chi connectivity index (χ0n) is 11.9. The lowest BCUT2D eigenvalue weighted by Crippen LogP contribution is -2.40. The standard InChI is InChI=1S/C14H22N2O4/c1-20-10-9-16(8-2-7-15)13(17)11-3-5-12(6-4-11)14(18)19/h11-12H,2-6,8-10H2,1H3,(H,18,19). The van der Waals surface area contributed by atoms with Gasteiger partial charge in [-0.1, -0.05) is 0 Å². The largest absolute Gasteiger partial charge is 0.481 e. The number of carboxylic acids is 1. The number of nitriles is 1. The van der Waals surface area contributed by atoms with Crippen LogP contribution in [0.25, 0.3) is 0 Å². The molecule has 0 radical (unpaired) electrons. The van der Waals surface area contributed by atoms with E-state index in [1.165, 1.54) is 0 Å². The summed E-state index contributed by atoms with van der Waals surface area (Å²) in [4.78, 5) is 25.0. The number of nitrogens with zero attached hydrogens (tertiary/aromatic N) is 2. The molecule has 1 fully saturated rings. The molecule has 1 aliphatic carbocycles. The molecule has 1 N–H and O–H groups in total. The quantitative estimate of drug-likeness (QED) is 0.759. The molecule has 0 aromatic carbocycles. The molecule has 1 amide bonds. The van der Waals surface area contributed by atoms with Gasteiger partial charge in [-0.05, 0) is 25.7 Å². The topological polar surface area (TPSA) is 90.6 Å². The van der Waals surface area contributed by atoms with Crippen LogP contribution < -0.4 is 0 Å². The van der Waals surface area contributed by atoms with Gasteiger partial charge in [-0.3, -0.25) is 9.59 Å². The Labute approximate surface area is 119 Å². The summed E-state index contributed by atoms with van der Waals surface area (Å²) >= 11 is 0. The first-order valence-corrected chi connectivity index (χ1v) is 6.97. The van der Waals surface area contributed by atoms with Crippen molar-refractivity contribution in [3.8, 4) is 6.07 Å². The van der Waals surface area contributed by atoms with Crippen LogP contribution in [0.15, 0.2) is 0 Å². The number of carboxylic acid groups (broad SMARTS) is 1. The van der Waals surface area contributed by atoms with Gasteiger partial charge in [0.1, 0.15) is 0 Å². The number of hydrogen-bond acceptors (Lipinski definition) is 4. The summed E-state index contributed by atoms with van der Waals surface area (Å²) in [5, 5.41) is 17.6. The molecule has 0 bridgehead atoms. The molecular weight excluding hydrogens is 260 g/mol. The molecule has 6 heteroatoms. The van der Waals surface area contributed by atoms with Crippen LogP contribution in [0.1, 0.15) is 32.1 Å². The van der Waals surface area contributed by atoms with E-state index >= 15 is 0 Å². The van der Waals surface area contributed by atoms with Crippen LogP contribution in [-0.4, -0.2) is 48.7 Å². The SMILES string of the molecule is COCCN(CCC#N)C(=O)C1CCC(C(=O)O)CC1. The summed E-state index contributed by atoms with van der Waals surface area (Å²) < 4.78 is 4.98. The van der Waals surface area contributed by atoms with E-state index in [0.717, 1.165) is 0 Å². The Hall–Kier alpha value is -1.61. The predicted octanol–water partition coefficient (Wildman–Crippen LogP) is 1.27. The van der Waals surface area contributed by atoms with Crippen molar-refractivity contribution in [2.24, 2.45) is 11.8 Å². The van der Waals surface area contributed by atoms with Gasteiger partial charge in [0.2, 0.25) is 5.91 Å². The Morgan fingerprint density at radius 2 is 1.85 bits per heavy atom. The summed E-state index contributed by atoms with van der Waals surface area (Å²) in [7, 11) is 1.57. The van der Waals surface area contributed by atoms with E-state index < -0.39 is 5.97 Å². The van der Waals surface area contributed by atoms with Crippen LogP contribution in [-0.2, 0) is 14.3 Å². The number of carbonyl (C=O) groups is 2. The molecule has 0 aromatic rings. The minimum Gasteiger partial charge on any atom is -0.481 e. The number of rotatable bonds is 7. The van der Waals surface area contributed by atoms with E-state index in [0.29, 0.717) is 51.8 Å². The molecule has 0 atom stereocenters. The van der Waals surface area contributed by atoms with Gasteiger partial charge >= 0.3 is 5.97 Å². The number of hydrogen-bond donors (Lipinski definition) is 1. The Morgan fingerprint density at radius 1 is 1.25 bits per heavy atom. The second-order valence-corrected chi connectivity index (χ2v) is 5.11. The lowest BCUT2D eigenvalue weighted by atomic mass is 9.81. The summed E-state index contributed by atoms with van der Waals surface area (Å²) in [5.41, 5.74) is 0. The highest BCUT2D eigenvalue weighted by atomic mass is 16.5. The zero-order chi connectivity index (χ0) is 15.0. The minimum absolute atomic E-state index is 0.0288. The number of methoxy groups -OCH3 is 1. The highest BCUT2D eigenvalue weighted by Crippen LogP contribution is 2.30. The molecule has 1 saturated carbocycles. The van der Waals surface area contributed by atoms with E-state index in [4.69, 9.17) is 15.1 Å². The van der Waals surface area contributed by atoms with Crippen molar-refractivity contribution < 1.29 is 19.4 Å². The predicted molar refractivity (Wildman–Crippen MR) is 71.8 cm³/mol. The summed E-state index contributed by atoms with van der Waals surface area (Å²) in [6, 6.07) is 2.04. The molecular formula is C14H22N2O4. The molecule has 6 nitrogen and oxygen atoms in total. The Kier molecular flexibility index (Phi) is 7.02. The highest BCUT2D eigenvalue weighted by molar-refractivity contribution is 5.79. The molecule has 1 aliphatic rings. The van der Waals surface area contributed by atoms with Gasteiger partial charge in [-0.2, -0.15) is 5.26 Å². The molecule has 112 valence electrons. The lowest BCUT2D eigenvalue weighted by Gasteiger charge is -2.30. The smallest absolute Gasteiger partial charge is 0.306 e. The first-order valence-electron chi connectivity index (χ1n) is 6.97. The van der Waals surface area contributed by atoms with Crippen molar-refractivity contribution in [2.75, 3.05) is 26.8 Å². The third kappa shape index (κ3) is 4.82. The van der Waals surface area contributed by atoms with Gasteiger partial charge in [0, 0.05) is 26.1 Å². The first kappa shape index (κ1) is 16.4. The Bertz CT molecular complexity index is 370. The van der Waals surface area contributed by atoms with Gasteiger partial charge in [0.15, 0.2) is 0 Å². The van der Waals surface area contributed by atoms with Gasteiger partial charge in [0.05, 0.1) is 25.0 Å². The average Bonchev–Trinajstić information content (AvgIpc) is 2.47. The normalized spacial score (nSPS) is 22.0. The van der Waals surface area contributed by atoms with E-state index in [2.05, 4.69) is 0 Å². The van der Waals surface area contributed by atoms with Crippen LogP contribution in [0, 0.1) is 23.2 Å². The second kappa shape index (κ2) is 8.54. The van der Waals surface area contributed by atoms with Crippen LogP contribution in [0.5, 0.6) is 0 Å². The molecule has 0 spiro atoms. The van der Waals surface area contributed by atoms with Gasteiger partial charge in [-0.15, -0.1) is 0 Å². The maximum Gasteiger partial charge on any atom is 0.306 e. The van der Waals surface area contributed by atoms with E-state index in [9.17, 15) is 9.59 Å². The fourth-order valence-corrected chi connectivity index (χ4v) is 2.56. The number of amides is 1. The van der Waals surface area contributed by atoms with E-state index in [1.54, 1.807) is 12.0 Å². The molecule has 1 rings (SSSR count). The molecule has 0 aromatic heterocycles. The monoisotopic (exact) mass is 282 g/mol. The summed E-state index contributed by atoms with van der Waals surface area (Å²) in [5.74, 6) is -1.16. The molecule has 0 heterocycles. The highest BCUT2D eigenvalue weighted by Gasteiger charge is 2.31. The van der Waals surface area contributed by atoms with Crippen LogP contribution in [0.3, 0.4) is 0 Å². The molecule has 0 saturated heterocycles. The summed E-state index contributed by atoms with van der Waals surface area (Å²) in [6.45, 7) is 1.34. The average molecular weight is 282 g/mol. The Morgan fingerprint density at radius 3 is 2.35 bits per heavy atom. The van der Waals surface area contributed by atoms with Crippen LogP contribution in [0.4, 0.5) is 0 Å². The Balaban J connectivity index is 2.52. The van der Waals surface area contributed by atoms with Crippen molar-refractivity contribution in [1.82, 2.24) is 4.90 Å².